The van der Waals surface area contributed by atoms with Crippen molar-refractivity contribution < 1.29 is 17.6 Å². The van der Waals surface area contributed by atoms with Crippen LogP contribution in [0.5, 0.6) is 0 Å². The SMILES string of the molecule is CCS(=O)(=O)Nc1ccccc1Nc1nc(Nc2cc(C(=O)NC)ccc2F)ncc1Cl. The first-order chi connectivity index (χ1) is 15.2. The Hall–Kier alpha value is -3.44. The maximum absolute atomic E-state index is 14.2. The normalized spacial score (nSPS) is 11.0. The smallest absolute Gasteiger partial charge is 0.251 e. The number of aromatic nitrogens is 2. The van der Waals surface area contributed by atoms with E-state index >= 15 is 0 Å². The van der Waals surface area contributed by atoms with Gasteiger partial charge in [-0.15, -0.1) is 0 Å². The lowest BCUT2D eigenvalue weighted by molar-refractivity contribution is 0.0963. The molecule has 0 spiro atoms. The Morgan fingerprint density at radius 3 is 2.50 bits per heavy atom. The topological polar surface area (TPSA) is 125 Å². The molecule has 0 unspecified atom stereocenters. The Kier molecular flexibility index (Phi) is 7.11. The number of sulfonamides is 1. The summed E-state index contributed by atoms with van der Waals surface area (Å²) in [4.78, 5) is 20.1. The van der Waals surface area contributed by atoms with Crippen LogP contribution in [0.2, 0.25) is 5.02 Å². The van der Waals surface area contributed by atoms with Crippen molar-refractivity contribution in [2.24, 2.45) is 0 Å². The molecular formula is C20H20ClFN6O3S. The van der Waals surface area contributed by atoms with Crippen molar-refractivity contribution in [3.05, 3.63) is 65.1 Å². The van der Waals surface area contributed by atoms with Crippen LogP contribution in [-0.2, 0) is 10.0 Å². The van der Waals surface area contributed by atoms with Crippen LogP contribution in [0.1, 0.15) is 17.3 Å². The number of rotatable bonds is 8. The van der Waals surface area contributed by atoms with E-state index in [-0.39, 0.29) is 39.7 Å². The van der Waals surface area contributed by atoms with Gasteiger partial charge in [0.2, 0.25) is 16.0 Å². The average molecular weight is 479 g/mol. The van der Waals surface area contributed by atoms with Gasteiger partial charge in [-0.3, -0.25) is 9.52 Å². The second-order valence-corrected chi connectivity index (χ2v) is 8.88. The summed E-state index contributed by atoms with van der Waals surface area (Å²) in [5, 5.41) is 8.30. The number of para-hydroxylation sites is 2. The first-order valence-electron chi connectivity index (χ1n) is 9.40. The van der Waals surface area contributed by atoms with E-state index in [0.29, 0.717) is 11.4 Å². The molecule has 0 aliphatic rings. The van der Waals surface area contributed by atoms with Crippen LogP contribution in [0, 0.1) is 5.82 Å². The van der Waals surface area contributed by atoms with E-state index in [1.54, 1.807) is 24.3 Å². The van der Waals surface area contributed by atoms with Gasteiger partial charge < -0.3 is 16.0 Å². The molecule has 0 atom stereocenters. The summed E-state index contributed by atoms with van der Waals surface area (Å²) in [6, 6.07) is 10.4. The highest BCUT2D eigenvalue weighted by atomic mass is 35.5. The summed E-state index contributed by atoms with van der Waals surface area (Å²) >= 11 is 6.20. The Morgan fingerprint density at radius 2 is 1.81 bits per heavy atom. The van der Waals surface area contributed by atoms with E-state index in [4.69, 9.17) is 11.6 Å². The third-order valence-corrected chi connectivity index (χ3v) is 5.84. The van der Waals surface area contributed by atoms with Gasteiger partial charge in [0.1, 0.15) is 10.8 Å². The Morgan fingerprint density at radius 1 is 1.09 bits per heavy atom. The Bertz CT molecular complexity index is 1260. The largest absolute Gasteiger partial charge is 0.355 e. The first-order valence-corrected chi connectivity index (χ1v) is 11.4. The standard InChI is InChI=1S/C20H20ClFN6O3S/c1-3-32(30,31)28-16-7-5-4-6-15(16)25-18-13(21)11-24-20(27-18)26-17-10-12(19(29)23-2)8-9-14(17)22/h4-11,28H,3H2,1-2H3,(H,23,29)(H2,24,25,26,27). The minimum atomic E-state index is -3.51. The molecule has 0 aliphatic carbocycles. The molecule has 4 N–H and O–H groups in total. The maximum Gasteiger partial charge on any atom is 0.251 e. The van der Waals surface area contributed by atoms with Crippen molar-refractivity contribution in [1.82, 2.24) is 15.3 Å². The number of anilines is 5. The fourth-order valence-electron chi connectivity index (χ4n) is 2.59. The quantitative estimate of drug-likeness (QED) is 0.387. The fraction of sp³-hybridized carbons (Fsp3) is 0.150. The van der Waals surface area contributed by atoms with E-state index in [2.05, 4.69) is 30.6 Å². The van der Waals surface area contributed by atoms with Gasteiger partial charge in [-0.25, -0.2) is 17.8 Å². The third kappa shape index (κ3) is 5.62. The van der Waals surface area contributed by atoms with E-state index in [1.807, 2.05) is 0 Å². The van der Waals surface area contributed by atoms with Gasteiger partial charge >= 0.3 is 0 Å². The number of amides is 1. The number of halogens is 2. The minimum absolute atomic E-state index is 0.00419. The van der Waals surface area contributed by atoms with Crippen LogP contribution in [-0.4, -0.2) is 37.1 Å². The molecule has 0 saturated carbocycles. The molecule has 0 radical (unpaired) electrons. The van der Waals surface area contributed by atoms with Crippen LogP contribution in [0.25, 0.3) is 0 Å². The molecule has 3 aromatic rings. The minimum Gasteiger partial charge on any atom is -0.355 e. The summed E-state index contributed by atoms with van der Waals surface area (Å²) in [5.74, 6) is -0.903. The zero-order chi connectivity index (χ0) is 23.3. The Labute approximate surface area is 189 Å². The molecule has 1 amide bonds. The molecular weight excluding hydrogens is 459 g/mol. The molecule has 1 aromatic heterocycles. The van der Waals surface area contributed by atoms with Crippen molar-refractivity contribution >= 4 is 56.4 Å². The number of carbonyl (C=O) groups is 1. The Balaban J connectivity index is 1.89. The molecule has 0 fully saturated rings. The number of nitrogens with zero attached hydrogens (tertiary/aromatic N) is 2. The highest BCUT2D eigenvalue weighted by Gasteiger charge is 2.14. The molecule has 9 nitrogen and oxygen atoms in total. The number of carbonyl (C=O) groups excluding carboxylic acids is 1. The van der Waals surface area contributed by atoms with E-state index in [9.17, 15) is 17.6 Å². The zero-order valence-corrected chi connectivity index (χ0v) is 18.7. The van der Waals surface area contributed by atoms with E-state index in [1.165, 1.54) is 32.3 Å². The molecule has 12 heteroatoms. The molecule has 2 aromatic carbocycles. The van der Waals surface area contributed by atoms with Gasteiger partial charge in [-0.05, 0) is 37.3 Å². The van der Waals surface area contributed by atoms with Crippen molar-refractivity contribution in [3.63, 3.8) is 0 Å². The third-order valence-electron chi connectivity index (χ3n) is 4.27. The van der Waals surface area contributed by atoms with Crippen LogP contribution in [0.3, 0.4) is 0 Å². The molecule has 0 bridgehead atoms. The van der Waals surface area contributed by atoms with Crippen molar-refractivity contribution in [3.8, 4) is 0 Å². The van der Waals surface area contributed by atoms with Crippen molar-refractivity contribution in [2.45, 2.75) is 6.92 Å². The van der Waals surface area contributed by atoms with E-state index in [0.717, 1.165) is 6.07 Å². The molecule has 1 heterocycles. The average Bonchev–Trinajstić information content (AvgIpc) is 2.78. The molecule has 3 rings (SSSR count). The van der Waals surface area contributed by atoms with Gasteiger partial charge in [-0.1, -0.05) is 23.7 Å². The first kappa shape index (κ1) is 23.2. The summed E-state index contributed by atoms with van der Waals surface area (Å²) < 4.78 is 40.6. The van der Waals surface area contributed by atoms with Gasteiger partial charge in [-0.2, -0.15) is 4.98 Å². The predicted molar refractivity (Wildman–Crippen MR) is 123 cm³/mol. The lowest BCUT2D eigenvalue weighted by Crippen LogP contribution is -2.18. The van der Waals surface area contributed by atoms with Gasteiger partial charge in [0.25, 0.3) is 5.91 Å². The lowest BCUT2D eigenvalue weighted by Gasteiger charge is -2.15. The summed E-state index contributed by atoms with van der Waals surface area (Å²) in [7, 11) is -2.04. The highest BCUT2D eigenvalue weighted by molar-refractivity contribution is 7.92. The monoisotopic (exact) mass is 478 g/mol. The van der Waals surface area contributed by atoms with Crippen LogP contribution in [0.4, 0.5) is 33.2 Å². The summed E-state index contributed by atoms with van der Waals surface area (Å²) in [6.07, 6.45) is 1.30. The fourth-order valence-corrected chi connectivity index (χ4v) is 3.39. The van der Waals surface area contributed by atoms with Gasteiger partial charge in [0.05, 0.1) is 29.0 Å². The van der Waals surface area contributed by atoms with Gasteiger partial charge in [0.15, 0.2) is 5.82 Å². The molecule has 168 valence electrons. The summed E-state index contributed by atoms with van der Waals surface area (Å²) in [5.41, 5.74) is 0.961. The van der Waals surface area contributed by atoms with Crippen molar-refractivity contribution in [1.29, 1.82) is 0 Å². The highest BCUT2D eigenvalue weighted by Crippen LogP contribution is 2.30. The number of nitrogens with one attached hydrogen (secondary N) is 4. The zero-order valence-electron chi connectivity index (χ0n) is 17.1. The van der Waals surface area contributed by atoms with E-state index < -0.39 is 15.8 Å². The maximum atomic E-state index is 14.2. The second-order valence-electron chi connectivity index (χ2n) is 6.46. The molecule has 0 aliphatic heterocycles. The second kappa shape index (κ2) is 9.79. The molecule has 0 saturated heterocycles. The summed E-state index contributed by atoms with van der Waals surface area (Å²) in [6.45, 7) is 1.52. The lowest BCUT2D eigenvalue weighted by atomic mass is 10.2. The van der Waals surface area contributed by atoms with Crippen molar-refractivity contribution in [2.75, 3.05) is 28.2 Å². The number of benzene rings is 2. The van der Waals surface area contributed by atoms with Crippen LogP contribution < -0.4 is 20.7 Å². The van der Waals surface area contributed by atoms with Gasteiger partial charge in [0, 0.05) is 12.6 Å². The molecule has 32 heavy (non-hydrogen) atoms. The predicted octanol–water partition coefficient (Wildman–Crippen LogP) is 3.88. The number of hydrogen-bond donors (Lipinski definition) is 4. The van der Waals surface area contributed by atoms with Crippen LogP contribution >= 0.6 is 11.6 Å². The van der Waals surface area contributed by atoms with Crippen LogP contribution in [0.15, 0.2) is 48.7 Å². The number of hydrogen-bond acceptors (Lipinski definition) is 7.